The molecule has 21 heavy (non-hydrogen) atoms. The average molecular weight is 308 g/mol. The van der Waals surface area contributed by atoms with Crippen molar-refractivity contribution in [1.82, 2.24) is 0 Å². The second-order valence-electron chi connectivity index (χ2n) is 4.16. The van der Waals surface area contributed by atoms with Gasteiger partial charge in [-0.25, -0.2) is 0 Å². The maximum Gasteiger partial charge on any atom is 0.259 e. The summed E-state index contributed by atoms with van der Waals surface area (Å²) in [6.45, 7) is 0. The molecule has 2 rings (SSSR count). The molecule has 2 aromatic rings. The minimum atomic E-state index is -0.465. The van der Waals surface area contributed by atoms with E-state index in [1.807, 2.05) is 0 Å². The molecule has 0 saturated carbocycles. The number of aromatic hydroxyl groups is 1. The van der Waals surface area contributed by atoms with Crippen molar-refractivity contribution >= 4 is 23.2 Å². The van der Waals surface area contributed by atoms with Crippen molar-refractivity contribution in [3.05, 3.63) is 47.0 Å². The second kappa shape index (κ2) is 6.37. The highest BCUT2D eigenvalue weighted by Crippen LogP contribution is 2.36. The Hall–Kier alpha value is -2.40. The van der Waals surface area contributed by atoms with Crippen LogP contribution in [0.25, 0.3) is 0 Å². The number of hydrogen-bond acceptors (Lipinski definition) is 4. The number of nitrogens with one attached hydrogen (secondary N) is 1. The Morgan fingerprint density at radius 3 is 2.43 bits per heavy atom. The Morgan fingerprint density at radius 2 is 1.81 bits per heavy atom. The molecule has 0 heterocycles. The van der Waals surface area contributed by atoms with Gasteiger partial charge in [-0.05, 0) is 18.2 Å². The number of hydrogen-bond donors (Lipinski definition) is 2. The van der Waals surface area contributed by atoms with E-state index in [1.54, 1.807) is 18.2 Å². The summed E-state index contributed by atoms with van der Waals surface area (Å²) in [4.78, 5) is 12.2. The maximum atomic E-state index is 12.2. The molecule has 0 aromatic heterocycles. The molecule has 6 heteroatoms. The predicted octanol–water partition coefficient (Wildman–Crippen LogP) is 3.32. The van der Waals surface area contributed by atoms with E-state index in [1.165, 1.54) is 32.4 Å². The Morgan fingerprint density at radius 1 is 1.14 bits per heavy atom. The maximum absolute atomic E-state index is 12.2. The fourth-order valence-corrected chi connectivity index (χ4v) is 2.05. The van der Waals surface area contributed by atoms with Crippen molar-refractivity contribution in [2.75, 3.05) is 19.5 Å². The molecule has 2 N–H and O–H groups in total. The highest BCUT2D eigenvalue weighted by molar-refractivity contribution is 6.32. The van der Waals surface area contributed by atoms with Crippen LogP contribution < -0.4 is 14.8 Å². The first-order valence-electron chi connectivity index (χ1n) is 6.07. The lowest BCUT2D eigenvalue weighted by Crippen LogP contribution is -2.13. The number of benzene rings is 2. The summed E-state index contributed by atoms with van der Waals surface area (Å²) in [5.74, 6) is 0.273. The van der Waals surface area contributed by atoms with Gasteiger partial charge in [0.1, 0.15) is 17.2 Å². The molecule has 0 aliphatic rings. The van der Waals surface area contributed by atoms with E-state index in [0.29, 0.717) is 22.2 Å². The topological polar surface area (TPSA) is 67.8 Å². The third kappa shape index (κ3) is 3.20. The van der Waals surface area contributed by atoms with Crippen LogP contribution in [-0.2, 0) is 0 Å². The predicted molar refractivity (Wildman–Crippen MR) is 80.6 cm³/mol. The van der Waals surface area contributed by atoms with Crippen LogP contribution in [0.2, 0.25) is 5.02 Å². The number of phenols is 1. The lowest BCUT2D eigenvalue weighted by molar-refractivity contribution is 0.102. The Balaban J connectivity index is 2.33. The highest BCUT2D eigenvalue weighted by atomic mass is 35.5. The number of carbonyl (C=O) groups excluding carboxylic acids is 1. The first-order chi connectivity index (χ1) is 10.1. The number of anilines is 1. The largest absolute Gasteiger partial charge is 0.507 e. The van der Waals surface area contributed by atoms with Gasteiger partial charge >= 0.3 is 0 Å². The normalized spacial score (nSPS) is 10.0. The molecule has 0 bridgehead atoms. The van der Waals surface area contributed by atoms with Crippen LogP contribution in [-0.4, -0.2) is 25.2 Å². The lowest BCUT2D eigenvalue weighted by Gasteiger charge is -2.13. The zero-order valence-electron chi connectivity index (χ0n) is 11.5. The average Bonchev–Trinajstić information content (AvgIpc) is 2.48. The van der Waals surface area contributed by atoms with E-state index in [-0.39, 0.29) is 11.3 Å². The van der Waals surface area contributed by atoms with E-state index in [0.717, 1.165) is 0 Å². The highest BCUT2D eigenvalue weighted by Gasteiger charge is 2.15. The van der Waals surface area contributed by atoms with Crippen LogP contribution in [0.5, 0.6) is 17.2 Å². The van der Waals surface area contributed by atoms with Crippen LogP contribution in [0.15, 0.2) is 36.4 Å². The van der Waals surface area contributed by atoms with Gasteiger partial charge in [-0.15, -0.1) is 0 Å². The Labute approximate surface area is 127 Å². The number of ether oxygens (including phenoxy) is 2. The van der Waals surface area contributed by atoms with Crippen LogP contribution in [0.1, 0.15) is 10.4 Å². The third-order valence-electron chi connectivity index (χ3n) is 2.87. The first-order valence-corrected chi connectivity index (χ1v) is 6.45. The molecule has 0 radical (unpaired) electrons. The summed E-state index contributed by atoms with van der Waals surface area (Å²) in [5.41, 5.74) is 0.544. The van der Waals surface area contributed by atoms with Crippen LogP contribution in [0.4, 0.5) is 5.69 Å². The van der Waals surface area contributed by atoms with Crippen molar-refractivity contribution < 1.29 is 19.4 Å². The van der Waals surface area contributed by atoms with E-state index in [2.05, 4.69) is 5.32 Å². The first kappa shape index (κ1) is 15.0. The Bertz CT molecular complexity index is 673. The zero-order valence-corrected chi connectivity index (χ0v) is 12.3. The van der Waals surface area contributed by atoms with Gasteiger partial charge in [0.25, 0.3) is 5.91 Å². The molecule has 5 nitrogen and oxygen atoms in total. The second-order valence-corrected chi connectivity index (χ2v) is 4.57. The molecule has 0 fully saturated rings. The summed E-state index contributed by atoms with van der Waals surface area (Å²) in [7, 11) is 2.96. The summed E-state index contributed by atoms with van der Waals surface area (Å²) in [6, 6.07) is 9.35. The Kier molecular flexibility index (Phi) is 4.55. The molecule has 2 aromatic carbocycles. The minimum Gasteiger partial charge on any atom is -0.507 e. The van der Waals surface area contributed by atoms with E-state index in [4.69, 9.17) is 21.1 Å². The van der Waals surface area contributed by atoms with E-state index in [9.17, 15) is 9.90 Å². The van der Waals surface area contributed by atoms with Gasteiger partial charge in [-0.3, -0.25) is 4.79 Å². The molecule has 110 valence electrons. The van der Waals surface area contributed by atoms with Crippen molar-refractivity contribution in [3.8, 4) is 17.2 Å². The molecular formula is C15H14ClNO4. The van der Waals surface area contributed by atoms with Crippen molar-refractivity contribution in [1.29, 1.82) is 0 Å². The number of rotatable bonds is 4. The third-order valence-corrected chi connectivity index (χ3v) is 3.17. The lowest BCUT2D eigenvalue weighted by atomic mass is 10.2. The van der Waals surface area contributed by atoms with Gasteiger partial charge in [-0.1, -0.05) is 23.7 Å². The molecule has 0 unspecified atom stereocenters. The molecule has 1 amide bonds. The molecule has 0 aliphatic carbocycles. The van der Waals surface area contributed by atoms with Gasteiger partial charge in [0.15, 0.2) is 0 Å². The van der Waals surface area contributed by atoms with Gasteiger partial charge < -0.3 is 19.9 Å². The number of halogens is 1. The van der Waals surface area contributed by atoms with E-state index < -0.39 is 5.91 Å². The quantitative estimate of drug-likeness (QED) is 0.909. The van der Waals surface area contributed by atoms with Gasteiger partial charge in [0.2, 0.25) is 0 Å². The molecule has 0 spiro atoms. The number of para-hydroxylation sites is 1. The number of phenolic OH excluding ortho intramolecular Hbond substituents is 1. The number of methoxy groups -OCH3 is 2. The molecule has 0 aliphatic heterocycles. The number of amides is 1. The molecular weight excluding hydrogens is 294 g/mol. The van der Waals surface area contributed by atoms with Crippen LogP contribution in [0, 0.1) is 0 Å². The summed E-state index contributed by atoms with van der Waals surface area (Å²) >= 11 is 6.04. The standard InChI is InChI=1S/C15H14ClNO4/c1-20-13-8-14(21-2)11(7-10(13)16)17-15(19)9-5-3-4-6-12(9)18/h3-8,18H,1-2H3,(H,17,19). The fourth-order valence-electron chi connectivity index (χ4n) is 1.81. The van der Waals surface area contributed by atoms with Crippen LogP contribution in [0.3, 0.4) is 0 Å². The van der Waals surface area contributed by atoms with Gasteiger partial charge in [0, 0.05) is 6.07 Å². The van der Waals surface area contributed by atoms with Crippen molar-refractivity contribution in [3.63, 3.8) is 0 Å². The SMILES string of the molecule is COc1cc(OC)c(NC(=O)c2ccccc2O)cc1Cl. The van der Waals surface area contributed by atoms with Gasteiger partial charge in [0.05, 0.1) is 30.5 Å². The van der Waals surface area contributed by atoms with E-state index >= 15 is 0 Å². The monoisotopic (exact) mass is 307 g/mol. The van der Waals surface area contributed by atoms with Crippen LogP contribution >= 0.6 is 11.6 Å². The molecule has 0 saturated heterocycles. The minimum absolute atomic E-state index is 0.103. The van der Waals surface area contributed by atoms with Gasteiger partial charge in [-0.2, -0.15) is 0 Å². The summed E-state index contributed by atoms with van der Waals surface area (Å²) < 4.78 is 10.3. The number of carbonyl (C=O) groups is 1. The van der Waals surface area contributed by atoms with Crippen molar-refractivity contribution in [2.24, 2.45) is 0 Å². The fraction of sp³-hybridized carbons (Fsp3) is 0.133. The smallest absolute Gasteiger partial charge is 0.259 e. The zero-order chi connectivity index (χ0) is 15.4. The summed E-state index contributed by atoms with van der Waals surface area (Å²) in [5, 5.41) is 12.7. The summed E-state index contributed by atoms with van der Waals surface area (Å²) in [6.07, 6.45) is 0. The molecule has 0 atom stereocenters. The van der Waals surface area contributed by atoms with Crippen molar-refractivity contribution in [2.45, 2.75) is 0 Å².